The molecule has 0 fully saturated rings. The quantitative estimate of drug-likeness (QED) is 0.781. The number of rotatable bonds is 5. The number of carbonyl (C=O) groups is 1. The average molecular weight is 391 g/mol. The van der Waals surface area contributed by atoms with Crippen molar-refractivity contribution in [3.8, 4) is 11.5 Å². The molecule has 0 aliphatic carbocycles. The van der Waals surface area contributed by atoms with Gasteiger partial charge < -0.3 is 14.2 Å². The van der Waals surface area contributed by atoms with Crippen LogP contribution < -0.4 is 9.47 Å². The lowest BCUT2D eigenvalue weighted by Gasteiger charge is -2.30. The normalized spacial score (nSPS) is 21.8. The van der Waals surface area contributed by atoms with Gasteiger partial charge in [-0.15, -0.1) is 8.78 Å². The minimum atomic E-state index is -3.76. The Kier molecular flexibility index (Phi) is 4.52. The van der Waals surface area contributed by atoms with E-state index in [9.17, 15) is 13.6 Å². The highest BCUT2D eigenvalue weighted by Crippen LogP contribution is 2.51. The van der Waals surface area contributed by atoms with E-state index in [1.54, 1.807) is 25.3 Å². The topological polar surface area (TPSA) is 85.8 Å². The van der Waals surface area contributed by atoms with Crippen LogP contribution in [0.25, 0.3) is 0 Å². The molecule has 7 nitrogen and oxygen atoms in total. The summed E-state index contributed by atoms with van der Waals surface area (Å²) in [5.41, 5.74) is 1.63. The summed E-state index contributed by atoms with van der Waals surface area (Å²) >= 11 is 0. The number of carbonyl (C=O) groups excluding carboxylic acids is 1. The number of esters is 1. The molecule has 1 aromatic carbocycles. The Morgan fingerprint density at radius 2 is 2.11 bits per heavy atom. The van der Waals surface area contributed by atoms with Gasteiger partial charge in [0.1, 0.15) is 5.92 Å². The van der Waals surface area contributed by atoms with Crippen molar-refractivity contribution in [1.82, 2.24) is 10.2 Å². The van der Waals surface area contributed by atoms with Crippen LogP contribution in [0, 0.1) is 5.92 Å². The van der Waals surface area contributed by atoms with Gasteiger partial charge in [0, 0.05) is 22.8 Å². The van der Waals surface area contributed by atoms with E-state index in [0.29, 0.717) is 29.1 Å². The number of aliphatic imine (C=N–C) groups is 1. The van der Waals surface area contributed by atoms with Gasteiger partial charge in [0.2, 0.25) is 0 Å². The maximum Gasteiger partial charge on any atom is 0.586 e. The molecule has 148 valence electrons. The number of fused-ring (bicyclic) bond motifs is 2. The van der Waals surface area contributed by atoms with E-state index in [1.165, 1.54) is 6.07 Å². The maximum absolute atomic E-state index is 13.7. The first-order valence-corrected chi connectivity index (χ1v) is 9.11. The first kappa shape index (κ1) is 18.4. The molecule has 2 unspecified atom stereocenters. The molecular formula is C19H19F2N3O4. The van der Waals surface area contributed by atoms with Gasteiger partial charge in [0.05, 0.1) is 12.8 Å². The molecule has 2 aromatic rings. The zero-order valence-corrected chi connectivity index (χ0v) is 15.4. The van der Waals surface area contributed by atoms with Gasteiger partial charge >= 0.3 is 12.3 Å². The van der Waals surface area contributed by atoms with Crippen LogP contribution in [0.1, 0.15) is 43.7 Å². The van der Waals surface area contributed by atoms with Gasteiger partial charge in [0.25, 0.3) is 0 Å². The summed E-state index contributed by atoms with van der Waals surface area (Å²) in [5.74, 6) is -1.54. The van der Waals surface area contributed by atoms with Crippen LogP contribution in [0.2, 0.25) is 0 Å². The van der Waals surface area contributed by atoms with E-state index < -0.39 is 24.1 Å². The van der Waals surface area contributed by atoms with Crippen molar-refractivity contribution in [1.29, 1.82) is 0 Å². The minimum absolute atomic E-state index is 0.0743. The number of hydrogen-bond acceptors (Lipinski definition) is 6. The molecule has 28 heavy (non-hydrogen) atoms. The summed E-state index contributed by atoms with van der Waals surface area (Å²) < 4.78 is 42.1. The fourth-order valence-electron chi connectivity index (χ4n) is 3.74. The van der Waals surface area contributed by atoms with Gasteiger partial charge in [-0.05, 0) is 19.4 Å². The van der Waals surface area contributed by atoms with Crippen molar-refractivity contribution in [2.75, 3.05) is 6.61 Å². The monoisotopic (exact) mass is 391 g/mol. The summed E-state index contributed by atoms with van der Waals surface area (Å²) in [6, 6.07) is 4.64. The van der Waals surface area contributed by atoms with Crippen molar-refractivity contribution in [2.24, 2.45) is 10.9 Å². The Balaban J connectivity index is 1.88. The summed E-state index contributed by atoms with van der Waals surface area (Å²) in [4.78, 5) is 17.4. The second-order valence-corrected chi connectivity index (χ2v) is 6.58. The Bertz CT molecular complexity index is 941. The number of nitrogens with zero attached hydrogens (tertiary/aromatic N) is 2. The van der Waals surface area contributed by atoms with Crippen LogP contribution in [0.5, 0.6) is 11.5 Å². The number of halogens is 2. The number of ether oxygens (including phenoxy) is 3. The number of benzene rings is 1. The predicted molar refractivity (Wildman–Crippen MR) is 95.2 cm³/mol. The molecular weight excluding hydrogens is 372 g/mol. The Morgan fingerprint density at radius 3 is 2.86 bits per heavy atom. The number of aromatic amines is 1. The summed E-state index contributed by atoms with van der Waals surface area (Å²) in [6.07, 6.45) is -0.894. The third kappa shape index (κ3) is 3.00. The zero-order valence-electron chi connectivity index (χ0n) is 15.4. The van der Waals surface area contributed by atoms with Crippen LogP contribution in [0.15, 0.2) is 29.4 Å². The van der Waals surface area contributed by atoms with Crippen molar-refractivity contribution in [3.05, 3.63) is 35.5 Å². The zero-order chi connectivity index (χ0) is 19.9. The Morgan fingerprint density at radius 1 is 1.29 bits per heavy atom. The number of hydrogen-bond donors (Lipinski definition) is 1. The molecule has 0 amide bonds. The van der Waals surface area contributed by atoms with Crippen LogP contribution in [-0.2, 0) is 9.53 Å². The maximum atomic E-state index is 13.7. The standard InChI is InChI=1S/C19H19F2N3O4/c1-3-6-12-15(18(25)26-4-2)14(11-9-22-24-17(11)23-12)10-7-5-8-13-16(10)28-19(20,21)27-13/h5,7-9,14-15H,3-4,6H2,1-2H3,(H,22,24). The summed E-state index contributed by atoms with van der Waals surface area (Å²) in [7, 11) is 0. The first-order valence-electron chi connectivity index (χ1n) is 9.11. The van der Waals surface area contributed by atoms with Gasteiger partial charge in [-0.25, -0.2) is 4.99 Å². The van der Waals surface area contributed by atoms with Crippen molar-refractivity contribution in [2.45, 2.75) is 38.9 Å². The smallest absolute Gasteiger partial charge is 0.465 e. The SMILES string of the molecule is CCCC1=Nc2[nH]ncc2C(c2cccc3c2OC(F)(F)O3)C1C(=O)OCC. The third-order valence-electron chi connectivity index (χ3n) is 4.77. The molecule has 0 saturated heterocycles. The molecule has 0 bridgehead atoms. The van der Waals surface area contributed by atoms with Crippen molar-refractivity contribution >= 4 is 17.5 Å². The highest BCUT2D eigenvalue weighted by atomic mass is 19.3. The second-order valence-electron chi connectivity index (χ2n) is 6.58. The highest BCUT2D eigenvalue weighted by Gasteiger charge is 2.48. The highest BCUT2D eigenvalue weighted by molar-refractivity contribution is 6.06. The number of para-hydroxylation sites is 1. The fourth-order valence-corrected chi connectivity index (χ4v) is 3.74. The molecule has 2 aliphatic rings. The van der Waals surface area contributed by atoms with Crippen LogP contribution in [0.4, 0.5) is 14.6 Å². The van der Waals surface area contributed by atoms with Crippen LogP contribution >= 0.6 is 0 Å². The van der Waals surface area contributed by atoms with E-state index >= 15 is 0 Å². The lowest BCUT2D eigenvalue weighted by molar-refractivity contribution is -0.287. The molecule has 3 heterocycles. The van der Waals surface area contributed by atoms with E-state index in [0.717, 1.165) is 6.42 Å². The first-order chi connectivity index (χ1) is 13.4. The fraction of sp³-hybridized carbons (Fsp3) is 0.421. The lowest BCUT2D eigenvalue weighted by atomic mass is 9.76. The third-order valence-corrected chi connectivity index (χ3v) is 4.77. The van der Waals surface area contributed by atoms with Crippen LogP contribution in [-0.4, -0.2) is 34.8 Å². The molecule has 1 aromatic heterocycles. The molecule has 1 N–H and O–H groups in total. The molecule has 0 spiro atoms. The van der Waals surface area contributed by atoms with E-state index in [1.807, 2.05) is 6.92 Å². The summed E-state index contributed by atoms with van der Waals surface area (Å²) in [6.45, 7) is 3.89. The van der Waals surface area contributed by atoms with Gasteiger partial charge in [0.15, 0.2) is 17.3 Å². The number of nitrogens with one attached hydrogen (secondary N) is 1. The molecule has 0 radical (unpaired) electrons. The Labute approximate surface area is 159 Å². The number of alkyl halides is 2. The lowest BCUT2D eigenvalue weighted by Crippen LogP contribution is -2.34. The van der Waals surface area contributed by atoms with Crippen molar-refractivity contribution < 1.29 is 27.8 Å². The van der Waals surface area contributed by atoms with E-state index in [-0.39, 0.29) is 18.1 Å². The Hall–Kier alpha value is -2.97. The van der Waals surface area contributed by atoms with Crippen LogP contribution in [0.3, 0.4) is 0 Å². The number of H-pyrrole nitrogens is 1. The minimum Gasteiger partial charge on any atom is -0.465 e. The average Bonchev–Trinajstić information content (AvgIpc) is 3.22. The predicted octanol–water partition coefficient (Wildman–Crippen LogP) is 3.93. The van der Waals surface area contributed by atoms with E-state index in [2.05, 4.69) is 19.9 Å². The van der Waals surface area contributed by atoms with Crippen molar-refractivity contribution in [3.63, 3.8) is 0 Å². The van der Waals surface area contributed by atoms with E-state index in [4.69, 9.17) is 9.47 Å². The molecule has 9 heteroatoms. The molecule has 2 atom stereocenters. The number of aromatic nitrogens is 2. The molecule has 2 aliphatic heterocycles. The molecule has 4 rings (SSSR count). The summed E-state index contributed by atoms with van der Waals surface area (Å²) in [5, 5.41) is 6.84. The van der Waals surface area contributed by atoms with Gasteiger partial charge in [-0.1, -0.05) is 25.5 Å². The molecule has 0 saturated carbocycles. The second kappa shape index (κ2) is 6.88. The van der Waals surface area contributed by atoms with Gasteiger partial charge in [-0.3, -0.25) is 9.89 Å². The largest absolute Gasteiger partial charge is 0.586 e. The van der Waals surface area contributed by atoms with Gasteiger partial charge in [-0.2, -0.15) is 5.10 Å².